The monoisotopic (exact) mass is 438 g/mol. The highest BCUT2D eigenvalue weighted by Gasteiger charge is 2.18. The van der Waals surface area contributed by atoms with Gasteiger partial charge in [-0.05, 0) is 36.4 Å². The lowest BCUT2D eigenvalue weighted by Gasteiger charge is -2.16. The Kier molecular flexibility index (Phi) is 6.06. The van der Waals surface area contributed by atoms with Gasteiger partial charge in [-0.3, -0.25) is 0 Å². The molecule has 1 atom stereocenters. The highest BCUT2D eigenvalue weighted by atomic mass is 32.2. The van der Waals surface area contributed by atoms with Gasteiger partial charge in [0.05, 0.1) is 25.3 Å². The van der Waals surface area contributed by atoms with Gasteiger partial charge in [-0.2, -0.15) is 4.72 Å². The Hall–Kier alpha value is -3.56. The molecular weight excluding hydrogens is 419 g/mol. The van der Waals surface area contributed by atoms with Gasteiger partial charge in [0.15, 0.2) is 10.7 Å². The summed E-state index contributed by atoms with van der Waals surface area (Å²) in [5.74, 6) is 1.44. The van der Waals surface area contributed by atoms with Crippen molar-refractivity contribution in [2.24, 2.45) is 0 Å². The van der Waals surface area contributed by atoms with E-state index in [9.17, 15) is 8.94 Å². The summed E-state index contributed by atoms with van der Waals surface area (Å²) in [5, 5.41) is 3.19. The second kappa shape index (κ2) is 9.07. The fourth-order valence-electron chi connectivity index (χ4n) is 2.88. The number of fused-ring (bicyclic) bond motifs is 1. The Morgan fingerprint density at radius 1 is 0.839 bits per heavy atom. The molecule has 158 valence electrons. The SMILES string of the molecule is COc1cc(Nc2nc3ccccc3nc2N[S+]([O-])c2ccc(F)cc2)cc(OC)c1. The fourth-order valence-corrected chi connectivity index (χ4v) is 3.70. The molecule has 0 aliphatic carbocycles. The molecule has 4 rings (SSSR count). The summed E-state index contributed by atoms with van der Waals surface area (Å²) in [6.45, 7) is 0. The van der Waals surface area contributed by atoms with Gasteiger partial charge in [0, 0.05) is 23.9 Å². The summed E-state index contributed by atoms with van der Waals surface area (Å²) in [6.07, 6.45) is 0. The zero-order valence-electron chi connectivity index (χ0n) is 16.8. The summed E-state index contributed by atoms with van der Waals surface area (Å²) >= 11 is -1.67. The van der Waals surface area contributed by atoms with E-state index >= 15 is 0 Å². The zero-order chi connectivity index (χ0) is 21.8. The van der Waals surface area contributed by atoms with Gasteiger partial charge in [0.2, 0.25) is 5.82 Å². The Labute approximate surface area is 181 Å². The Balaban J connectivity index is 1.72. The van der Waals surface area contributed by atoms with Crippen molar-refractivity contribution in [1.29, 1.82) is 0 Å². The topological polar surface area (TPSA) is 91.4 Å². The van der Waals surface area contributed by atoms with Gasteiger partial charge >= 0.3 is 0 Å². The molecule has 4 aromatic rings. The maximum Gasteiger partial charge on any atom is 0.214 e. The number of hydrogen-bond acceptors (Lipinski definition) is 7. The van der Waals surface area contributed by atoms with E-state index in [1.165, 1.54) is 24.3 Å². The average Bonchev–Trinajstić information content (AvgIpc) is 2.79. The third-order valence-electron chi connectivity index (χ3n) is 4.40. The van der Waals surface area contributed by atoms with Crippen molar-refractivity contribution in [1.82, 2.24) is 9.97 Å². The summed E-state index contributed by atoms with van der Waals surface area (Å²) in [5.41, 5.74) is 1.95. The van der Waals surface area contributed by atoms with E-state index in [1.54, 1.807) is 32.4 Å². The van der Waals surface area contributed by atoms with Crippen molar-refractivity contribution in [2.45, 2.75) is 4.90 Å². The molecular formula is C22H19FN4O3S. The number of aromatic nitrogens is 2. The van der Waals surface area contributed by atoms with E-state index in [0.29, 0.717) is 38.9 Å². The van der Waals surface area contributed by atoms with Gasteiger partial charge in [-0.1, -0.05) is 12.1 Å². The lowest BCUT2D eigenvalue weighted by Crippen LogP contribution is -2.16. The van der Waals surface area contributed by atoms with Crippen molar-refractivity contribution < 1.29 is 18.4 Å². The maximum absolute atomic E-state index is 13.2. The fraction of sp³-hybridized carbons (Fsp3) is 0.0909. The smallest absolute Gasteiger partial charge is 0.214 e. The number of halogens is 1. The average molecular weight is 438 g/mol. The van der Waals surface area contributed by atoms with E-state index in [4.69, 9.17) is 9.47 Å². The predicted molar refractivity (Wildman–Crippen MR) is 119 cm³/mol. The lowest BCUT2D eigenvalue weighted by molar-refractivity contribution is 0.395. The van der Waals surface area contributed by atoms with E-state index in [0.717, 1.165) is 0 Å². The molecule has 7 nitrogen and oxygen atoms in total. The number of benzene rings is 3. The van der Waals surface area contributed by atoms with Crippen LogP contribution in [0.15, 0.2) is 71.6 Å². The Morgan fingerprint density at radius 3 is 2.00 bits per heavy atom. The van der Waals surface area contributed by atoms with Crippen LogP contribution in [0.2, 0.25) is 0 Å². The first kappa shape index (κ1) is 20.7. The number of hydrogen-bond donors (Lipinski definition) is 2. The minimum Gasteiger partial charge on any atom is -0.588 e. The van der Waals surface area contributed by atoms with Gasteiger partial charge in [0.25, 0.3) is 0 Å². The third-order valence-corrected chi connectivity index (χ3v) is 5.48. The standard InChI is InChI=1S/C22H19FN4O3S/c1-29-16-11-15(12-17(13-16)30-2)24-21-22(26-20-6-4-3-5-19(20)25-21)27-31(28)18-9-7-14(23)8-10-18/h3-13H,1-2H3,(H,24,25)(H,26,27). The van der Waals surface area contributed by atoms with E-state index < -0.39 is 17.2 Å². The van der Waals surface area contributed by atoms with Crippen LogP contribution in [0.5, 0.6) is 11.5 Å². The molecule has 0 saturated heterocycles. The van der Waals surface area contributed by atoms with Crippen LogP contribution in [-0.2, 0) is 11.4 Å². The van der Waals surface area contributed by atoms with Crippen molar-refractivity contribution in [2.75, 3.05) is 24.3 Å². The minimum absolute atomic E-state index is 0.281. The normalized spacial score (nSPS) is 11.7. The molecule has 0 aliphatic heterocycles. The van der Waals surface area contributed by atoms with Crippen LogP contribution in [0.4, 0.5) is 21.7 Å². The van der Waals surface area contributed by atoms with Gasteiger partial charge in [-0.25, -0.2) is 14.4 Å². The van der Waals surface area contributed by atoms with Crippen molar-refractivity contribution in [3.8, 4) is 11.5 Å². The van der Waals surface area contributed by atoms with Crippen molar-refractivity contribution >= 4 is 39.7 Å². The Bertz CT molecular complexity index is 1180. The number of anilines is 3. The summed E-state index contributed by atoms with van der Waals surface area (Å²) in [6, 6.07) is 18.1. The zero-order valence-corrected chi connectivity index (χ0v) is 17.6. The minimum atomic E-state index is -1.67. The quantitative estimate of drug-likeness (QED) is 0.405. The summed E-state index contributed by atoms with van der Waals surface area (Å²) in [4.78, 5) is 9.61. The largest absolute Gasteiger partial charge is 0.588 e. The van der Waals surface area contributed by atoms with E-state index in [2.05, 4.69) is 20.0 Å². The molecule has 0 spiro atoms. The molecule has 1 aromatic heterocycles. The van der Waals surface area contributed by atoms with E-state index in [1.807, 2.05) is 24.3 Å². The second-order valence-corrected chi connectivity index (χ2v) is 7.67. The van der Waals surface area contributed by atoms with Crippen molar-refractivity contribution in [3.63, 3.8) is 0 Å². The van der Waals surface area contributed by atoms with Crippen LogP contribution in [0.25, 0.3) is 11.0 Å². The third kappa shape index (κ3) is 4.79. The lowest BCUT2D eigenvalue weighted by atomic mass is 10.2. The number of nitrogens with zero attached hydrogens (tertiary/aromatic N) is 2. The number of nitrogens with one attached hydrogen (secondary N) is 2. The van der Waals surface area contributed by atoms with Crippen LogP contribution in [0, 0.1) is 5.82 Å². The maximum atomic E-state index is 13.2. The highest BCUT2D eigenvalue weighted by molar-refractivity contribution is 7.92. The molecule has 2 N–H and O–H groups in total. The van der Waals surface area contributed by atoms with Crippen LogP contribution in [0.1, 0.15) is 0 Å². The molecule has 1 unspecified atom stereocenters. The van der Waals surface area contributed by atoms with Gasteiger partial charge in [0.1, 0.15) is 28.7 Å². The van der Waals surface area contributed by atoms with Crippen LogP contribution in [0.3, 0.4) is 0 Å². The molecule has 0 aliphatic rings. The number of para-hydroxylation sites is 2. The predicted octanol–water partition coefficient (Wildman–Crippen LogP) is 4.66. The van der Waals surface area contributed by atoms with Gasteiger partial charge < -0.3 is 19.3 Å². The number of rotatable bonds is 7. The van der Waals surface area contributed by atoms with Crippen molar-refractivity contribution in [3.05, 3.63) is 72.5 Å². The molecule has 3 aromatic carbocycles. The molecule has 1 heterocycles. The highest BCUT2D eigenvalue weighted by Crippen LogP contribution is 2.31. The van der Waals surface area contributed by atoms with Crippen LogP contribution < -0.4 is 19.5 Å². The molecule has 0 bridgehead atoms. The Morgan fingerprint density at radius 2 is 1.42 bits per heavy atom. The number of ether oxygens (including phenoxy) is 2. The first-order chi connectivity index (χ1) is 15.1. The first-order valence-electron chi connectivity index (χ1n) is 9.26. The molecule has 0 fully saturated rings. The molecule has 0 saturated carbocycles. The summed E-state index contributed by atoms with van der Waals surface area (Å²) < 4.78 is 39.5. The van der Waals surface area contributed by atoms with E-state index in [-0.39, 0.29) is 5.82 Å². The second-order valence-electron chi connectivity index (χ2n) is 6.46. The van der Waals surface area contributed by atoms with Crippen LogP contribution >= 0.6 is 0 Å². The summed E-state index contributed by atoms with van der Waals surface area (Å²) in [7, 11) is 3.13. The molecule has 0 radical (unpaired) electrons. The number of methoxy groups -OCH3 is 2. The van der Waals surface area contributed by atoms with Gasteiger partial charge in [-0.15, -0.1) is 0 Å². The molecule has 31 heavy (non-hydrogen) atoms. The first-order valence-corrected chi connectivity index (χ1v) is 10.4. The molecule has 9 heteroatoms. The molecule has 0 amide bonds. The van der Waals surface area contributed by atoms with Crippen LogP contribution in [-0.4, -0.2) is 28.7 Å².